The van der Waals surface area contributed by atoms with Crippen molar-refractivity contribution in [2.24, 2.45) is 29.1 Å². The van der Waals surface area contributed by atoms with Gasteiger partial charge in [0.1, 0.15) is 0 Å². The van der Waals surface area contributed by atoms with Gasteiger partial charge < -0.3 is 19.8 Å². The number of hydrogen-bond acceptors (Lipinski definition) is 4. The van der Waals surface area contributed by atoms with E-state index in [1.807, 2.05) is 0 Å². The molecular formula is C38H74O4Sn. The van der Waals surface area contributed by atoms with Gasteiger partial charge in [-0.3, -0.25) is 0 Å². The second-order valence-corrected chi connectivity index (χ2v) is 17.3. The first-order valence-electron chi connectivity index (χ1n) is 18.7. The zero-order valence-electron chi connectivity index (χ0n) is 30.2. The van der Waals surface area contributed by atoms with Gasteiger partial charge in [0.25, 0.3) is 0 Å². The van der Waals surface area contributed by atoms with Crippen LogP contribution in [0.3, 0.4) is 0 Å². The predicted octanol–water partition coefficient (Wildman–Crippen LogP) is 9.82. The van der Waals surface area contributed by atoms with Crippen molar-refractivity contribution >= 4 is 33.1 Å². The molecule has 43 heavy (non-hydrogen) atoms. The fourth-order valence-electron chi connectivity index (χ4n) is 6.50. The summed E-state index contributed by atoms with van der Waals surface area (Å²) in [5.74, 6) is 0.809. The van der Waals surface area contributed by atoms with Crippen LogP contribution in [0.25, 0.3) is 0 Å². The Morgan fingerprint density at radius 3 is 1.19 bits per heavy atom. The third kappa shape index (κ3) is 23.7. The number of carboxylic acid groups (broad SMARTS) is 2. The number of rotatable bonds is 29. The summed E-state index contributed by atoms with van der Waals surface area (Å²) in [5, 5.41) is 23.1. The van der Waals surface area contributed by atoms with E-state index in [2.05, 4.69) is 55.4 Å². The molecule has 0 aliphatic rings. The van der Waals surface area contributed by atoms with Crippen molar-refractivity contribution in [3.63, 3.8) is 0 Å². The van der Waals surface area contributed by atoms with Gasteiger partial charge in [-0.15, -0.1) is 0 Å². The molecule has 0 fully saturated rings. The van der Waals surface area contributed by atoms with Crippen molar-refractivity contribution in [2.45, 2.75) is 199 Å². The van der Waals surface area contributed by atoms with Gasteiger partial charge in [0.05, 0.1) is 0 Å². The van der Waals surface area contributed by atoms with Gasteiger partial charge >= 0.3 is 121 Å². The fourth-order valence-corrected chi connectivity index (χ4v) is 12.1. The summed E-state index contributed by atoms with van der Waals surface area (Å²) in [5.41, 5.74) is -0.904. The van der Waals surface area contributed by atoms with Crippen LogP contribution in [0.15, 0.2) is 0 Å². The Balaban J connectivity index is 0. The van der Waals surface area contributed by atoms with Crippen molar-refractivity contribution < 1.29 is 19.8 Å². The Hall–Kier alpha value is -0.261. The number of aliphatic carboxylic acids is 2. The van der Waals surface area contributed by atoms with Crippen molar-refractivity contribution in [2.75, 3.05) is 0 Å². The zero-order chi connectivity index (χ0) is 32.9. The number of hydrogen-bond donors (Lipinski definition) is 0. The molecule has 0 aromatic heterocycles. The van der Waals surface area contributed by atoms with Crippen LogP contribution in [0.1, 0.15) is 190 Å². The van der Waals surface area contributed by atoms with Gasteiger partial charge in [0.2, 0.25) is 0 Å². The molecule has 0 radical (unpaired) electrons. The zero-order valence-corrected chi connectivity index (χ0v) is 33.1. The normalized spacial score (nSPS) is 15.3. The molecule has 0 aliphatic heterocycles. The Bertz CT molecular complexity index is 603. The number of unbranched alkanes of at least 4 members (excludes halogenated alkanes) is 4. The molecule has 0 saturated heterocycles. The van der Waals surface area contributed by atoms with E-state index in [0.29, 0.717) is 37.5 Å². The van der Waals surface area contributed by atoms with Gasteiger partial charge in [0, 0.05) is 17.4 Å². The molecule has 4 unspecified atom stereocenters. The molecule has 0 saturated carbocycles. The van der Waals surface area contributed by atoms with Crippen LogP contribution in [0, 0.1) is 29.1 Å². The Kier molecular flexibility index (Phi) is 31.7. The van der Waals surface area contributed by atoms with E-state index in [1.165, 1.54) is 51.4 Å². The van der Waals surface area contributed by atoms with Crippen LogP contribution >= 0.6 is 0 Å². The topological polar surface area (TPSA) is 80.3 Å². The molecule has 5 heteroatoms. The SMILES string of the molecule is CCCCC(CC)CC(CCCC(=O)[O-])(CC(CC)CCCC)C(=O)[O-].CCCCC(CC)[CH2][Sn+2][CH2]C(CC)CCCC. The summed E-state index contributed by atoms with van der Waals surface area (Å²) in [6.45, 7) is 18.0. The van der Waals surface area contributed by atoms with Crippen LogP contribution in [0.5, 0.6) is 0 Å². The monoisotopic (exact) mass is 714 g/mol. The summed E-state index contributed by atoms with van der Waals surface area (Å²) in [4.78, 5) is 23.1. The van der Waals surface area contributed by atoms with E-state index in [0.717, 1.165) is 63.2 Å². The first-order valence-corrected chi connectivity index (χ1v) is 22.8. The Morgan fingerprint density at radius 1 is 0.558 bits per heavy atom. The van der Waals surface area contributed by atoms with Crippen molar-refractivity contribution in [1.82, 2.24) is 0 Å². The van der Waals surface area contributed by atoms with E-state index in [4.69, 9.17) is 0 Å². The molecule has 0 amide bonds. The van der Waals surface area contributed by atoms with Gasteiger partial charge in [0.15, 0.2) is 0 Å². The molecule has 4 nitrogen and oxygen atoms in total. The summed E-state index contributed by atoms with van der Waals surface area (Å²) in [6, 6.07) is 0. The number of carbonyl (C=O) groups excluding carboxylic acids is 2. The van der Waals surface area contributed by atoms with Crippen LogP contribution in [0.4, 0.5) is 0 Å². The molecule has 0 aromatic carbocycles. The molecule has 0 aliphatic carbocycles. The van der Waals surface area contributed by atoms with E-state index >= 15 is 0 Å². The number of carboxylic acids is 2. The van der Waals surface area contributed by atoms with Crippen LogP contribution in [-0.4, -0.2) is 33.1 Å². The molecule has 254 valence electrons. The van der Waals surface area contributed by atoms with E-state index in [1.54, 1.807) is 8.87 Å². The minimum atomic E-state index is -1.10. The Morgan fingerprint density at radius 2 is 0.907 bits per heavy atom. The van der Waals surface area contributed by atoms with Gasteiger partial charge in [-0.05, 0) is 43.9 Å². The van der Waals surface area contributed by atoms with Gasteiger partial charge in [-0.1, -0.05) is 79.1 Å². The molecule has 0 bridgehead atoms. The van der Waals surface area contributed by atoms with E-state index < -0.39 is 17.4 Å². The molecule has 4 atom stereocenters. The maximum absolute atomic E-state index is 12.3. The molecule has 0 rings (SSSR count). The molecular weight excluding hydrogens is 639 g/mol. The standard InChI is InChI=1S/C22H42O4.2C8H17.Sn/c1-5-9-12-18(7-3)16-22(21(25)26,15-11-14-20(23)24)17-19(8-4)13-10-6-2;2*1-4-6-7-8(3)5-2;/h18-19H,5-17H2,1-4H3,(H,23,24)(H,25,26);2*8H,3-7H2,1-2H3;/q;;;+2/p-2. The fraction of sp³-hybridized carbons (Fsp3) is 0.947. The summed E-state index contributed by atoms with van der Waals surface area (Å²) < 4.78 is 3.31. The summed E-state index contributed by atoms with van der Waals surface area (Å²) >= 11 is -0.0388. The summed E-state index contributed by atoms with van der Waals surface area (Å²) in [6.07, 6.45) is 21.9. The molecule has 0 heterocycles. The first-order chi connectivity index (χ1) is 20.6. The molecule has 0 spiro atoms. The van der Waals surface area contributed by atoms with Gasteiger partial charge in [-0.25, -0.2) is 0 Å². The van der Waals surface area contributed by atoms with Crippen LogP contribution in [-0.2, 0) is 9.59 Å². The first kappa shape index (κ1) is 44.9. The average molecular weight is 714 g/mol. The van der Waals surface area contributed by atoms with Crippen molar-refractivity contribution in [3.8, 4) is 0 Å². The quantitative estimate of drug-likeness (QED) is 0.0724. The Labute approximate surface area is 280 Å². The third-order valence-electron chi connectivity index (χ3n) is 9.87. The third-order valence-corrected chi connectivity index (χ3v) is 14.8. The molecule has 0 N–H and O–H groups in total. The predicted molar refractivity (Wildman–Crippen MR) is 184 cm³/mol. The van der Waals surface area contributed by atoms with Crippen LogP contribution in [0.2, 0.25) is 8.87 Å². The van der Waals surface area contributed by atoms with Crippen molar-refractivity contribution in [1.29, 1.82) is 0 Å². The maximum atomic E-state index is 12.3. The number of carbonyl (C=O) groups is 2. The second-order valence-electron chi connectivity index (χ2n) is 13.5. The van der Waals surface area contributed by atoms with Gasteiger partial charge in [-0.2, -0.15) is 0 Å². The summed E-state index contributed by atoms with van der Waals surface area (Å²) in [7, 11) is 0. The molecule has 0 aromatic rings. The van der Waals surface area contributed by atoms with Crippen LogP contribution < -0.4 is 10.2 Å². The van der Waals surface area contributed by atoms with Crippen molar-refractivity contribution in [3.05, 3.63) is 0 Å². The second kappa shape index (κ2) is 30.4. The van der Waals surface area contributed by atoms with E-state index in [-0.39, 0.29) is 27.6 Å². The van der Waals surface area contributed by atoms with E-state index in [9.17, 15) is 19.8 Å². The minimum absolute atomic E-state index is 0.0388. The average Bonchev–Trinajstić information content (AvgIpc) is 3.00.